The molecule has 0 aliphatic rings. The Bertz CT molecular complexity index is 1790. The molecular formula is C73H142O17P2. The number of ether oxygens (including phenoxy) is 4. The van der Waals surface area contributed by atoms with Crippen LogP contribution in [-0.2, 0) is 65.4 Å². The second kappa shape index (κ2) is 65.0. The van der Waals surface area contributed by atoms with Crippen molar-refractivity contribution < 1.29 is 80.2 Å². The molecule has 19 heteroatoms. The van der Waals surface area contributed by atoms with Crippen LogP contribution in [0.2, 0.25) is 0 Å². The molecule has 0 heterocycles. The number of aliphatic hydroxyl groups is 1. The maximum absolute atomic E-state index is 13.0. The fraction of sp³-hybridized carbons (Fsp3) is 0.945. The molecule has 546 valence electrons. The Morgan fingerprint density at radius 3 is 0.739 bits per heavy atom. The van der Waals surface area contributed by atoms with Crippen molar-refractivity contribution in [3.63, 3.8) is 0 Å². The SMILES string of the molecule is CCCCCCCCCCCCCCCCCCC(=O)O[C@H](COC(=O)CCCCCCCCCCCC(C)C)COP(=O)(O)OC[C@@H](O)COP(=O)(O)OC[C@@H](COC(=O)CCCCCCCCCCCCCC)OC(=O)CCCCCCCCCCCC(C)C. The van der Waals surface area contributed by atoms with Crippen molar-refractivity contribution in [3.05, 3.63) is 0 Å². The van der Waals surface area contributed by atoms with Crippen LogP contribution in [0, 0.1) is 11.8 Å². The summed E-state index contributed by atoms with van der Waals surface area (Å²) in [7, 11) is -9.91. The molecule has 0 aromatic heterocycles. The molecule has 5 atom stereocenters. The van der Waals surface area contributed by atoms with E-state index in [2.05, 4.69) is 41.5 Å². The van der Waals surface area contributed by atoms with Crippen LogP contribution in [0.1, 0.15) is 375 Å². The lowest BCUT2D eigenvalue weighted by Crippen LogP contribution is -2.30. The van der Waals surface area contributed by atoms with Crippen molar-refractivity contribution in [3.8, 4) is 0 Å². The van der Waals surface area contributed by atoms with Crippen LogP contribution in [0.3, 0.4) is 0 Å². The molecule has 0 radical (unpaired) electrons. The smallest absolute Gasteiger partial charge is 0.462 e. The van der Waals surface area contributed by atoms with Crippen LogP contribution in [0.25, 0.3) is 0 Å². The van der Waals surface area contributed by atoms with Gasteiger partial charge >= 0.3 is 39.5 Å². The topological polar surface area (TPSA) is 237 Å². The predicted octanol–water partition coefficient (Wildman–Crippen LogP) is 21.2. The summed E-state index contributed by atoms with van der Waals surface area (Å²) in [6.45, 7) is 9.54. The first-order chi connectivity index (χ1) is 44.4. The predicted molar refractivity (Wildman–Crippen MR) is 372 cm³/mol. The summed E-state index contributed by atoms with van der Waals surface area (Å²) in [5.41, 5.74) is 0. The van der Waals surface area contributed by atoms with Gasteiger partial charge in [0.25, 0.3) is 0 Å². The fourth-order valence-corrected chi connectivity index (χ4v) is 12.7. The van der Waals surface area contributed by atoms with E-state index in [0.29, 0.717) is 25.7 Å². The highest BCUT2D eigenvalue weighted by Crippen LogP contribution is 2.45. The second-order valence-electron chi connectivity index (χ2n) is 27.3. The molecule has 0 saturated carbocycles. The number of hydrogen-bond donors (Lipinski definition) is 3. The Hall–Kier alpha value is -1.94. The van der Waals surface area contributed by atoms with Crippen LogP contribution in [-0.4, -0.2) is 96.7 Å². The van der Waals surface area contributed by atoms with E-state index >= 15 is 0 Å². The molecule has 0 aromatic carbocycles. The molecule has 0 bridgehead atoms. The van der Waals surface area contributed by atoms with E-state index in [4.69, 9.17) is 37.0 Å². The standard InChI is InChI=1S/C73H142O17P2/c1-7-9-11-13-15-17-19-21-22-23-24-26-32-39-45-51-57-72(77)89-68(62-84-71(76)56-50-44-38-33-27-29-35-41-47-53-65(3)4)63-87-91(79,80)85-59-67(74)60-86-92(81,82)88-64-69(90-73(78)58-52-46-40-34-28-30-36-42-48-54-66(5)6)61-83-70(75)55-49-43-37-31-25-20-18-16-14-12-10-8-2/h65-69,74H,7-64H2,1-6H3,(H,79,80)(H,81,82)/t67-,68-,69-/m1/s1. The van der Waals surface area contributed by atoms with Crippen molar-refractivity contribution in [1.82, 2.24) is 0 Å². The third-order valence-corrected chi connectivity index (χ3v) is 18.9. The molecule has 0 aliphatic carbocycles. The summed E-state index contributed by atoms with van der Waals surface area (Å²) in [5.74, 6) is -0.638. The van der Waals surface area contributed by atoms with Gasteiger partial charge in [-0.25, -0.2) is 9.13 Å². The highest BCUT2D eigenvalue weighted by atomic mass is 31.2. The Kier molecular flexibility index (Phi) is 63.7. The van der Waals surface area contributed by atoms with Crippen LogP contribution in [0.15, 0.2) is 0 Å². The number of esters is 4. The maximum Gasteiger partial charge on any atom is 0.472 e. The number of carbonyl (C=O) groups excluding carboxylic acids is 4. The minimum absolute atomic E-state index is 0.106. The summed E-state index contributed by atoms with van der Waals surface area (Å²) in [6.07, 6.45) is 51.2. The van der Waals surface area contributed by atoms with Gasteiger partial charge in [-0.2, -0.15) is 0 Å². The van der Waals surface area contributed by atoms with Gasteiger partial charge in [0, 0.05) is 25.7 Å². The molecule has 0 saturated heterocycles. The number of phosphoric acid groups is 2. The molecule has 3 N–H and O–H groups in total. The van der Waals surface area contributed by atoms with Gasteiger partial charge in [0.1, 0.15) is 19.3 Å². The van der Waals surface area contributed by atoms with E-state index in [9.17, 15) is 43.2 Å². The van der Waals surface area contributed by atoms with Crippen LogP contribution >= 0.6 is 15.6 Å². The van der Waals surface area contributed by atoms with Crippen molar-refractivity contribution >= 4 is 39.5 Å². The van der Waals surface area contributed by atoms with Gasteiger partial charge in [0.2, 0.25) is 0 Å². The van der Waals surface area contributed by atoms with Crippen LogP contribution < -0.4 is 0 Å². The van der Waals surface area contributed by atoms with E-state index in [0.717, 1.165) is 102 Å². The summed E-state index contributed by atoms with van der Waals surface area (Å²) >= 11 is 0. The van der Waals surface area contributed by atoms with E-state index < -0.39 is 97.5 Å². The van der Waals surface area contributed by atoms with E-state index in [1.54, 1.807) is 0 Å². The van der Waals surface area contributed by atoms with Gasteiger partial charge in [-0.15, -0.1) is 0 Å². The maximum atomic E-state index is 13.0. The van der Waals surface area contributed by atoms with E-state index in [-0.39, 0.29) is 25.7 Å². The molecule has 0 amide bonds. The second-order valence-corrected chi connectivity index (χ2v) is 30.2. The first-order valence-corrected chi connectivity index (χ1v) is 41.0. The van der Waals surface area contributed by atoms with E-state index in [1.807, 2.05) is 0 Å². The Morgan fingerprint density at radius 1 is 0.293 bits per heavy atom. The number of unbranched alkanes of at least 4 members (excludes halogenated alkanes) is 42. The average molecular weight is 1350 g/mol. The number of phosphoric ester groups is 2. The Labute approximate surface area is 562 Å². The Morgan fingerprint density at radius 2 is 0.500 bits per heavy atom. The third-order valence-electron chi connectivity index (χ3n) is 17.0. The van der Waals surface area contributed by atoms with Crippen molar-refractivity contribution in [1.29, 1.82) is 0 Å². The zero-order valence-corrected chi connectivity index (χ0v) is 61.6. The van der Waals surface area contributed by atoms with Crippen LogP contribution in [0.5, 0.6) is 0 Å². The van der Waals surface area contributed by atoms with Gasteiger partial charge in [0.05, 0.1) is 26.4 Å². The lowest BCUT2D eigenvalue weighted by molar-refractivity contribution is -0.161. The Balaban J connectivity index is 5.25. The summed E-state index contributed by atoms with van der Waals surface area (Å²) in [6, 6.07) is 0. The quantitative estimate of drug-likeness (QED) is 0.0222. The first kappa shape index (κ1) is 90.1. The lowest BCUT2D eigenvalue weighted by Gasteiger charge is -2.21. The van der Waals surface area contributed by atoms with Gasteiger partial charge < -0.3 is 33.8 Å². The fourth-order valence-electron chi connectivity index (χ4n) is 11.1. The van der Waals surface area contributed by atoms with Crippen LogP contribution in [0.4, 0.5) is 0 Å². The molecule has 0 fully saturated rings. The van der Waals surface area contributed by atoms with Crippen molar-refractivity contribution in [2.24, 2.45) is 11.8 Å². The van der Waals surface area contributed by atoms with Gasteiger partial charge in [-0.05, 0) is 37.5 Å². The molecule has 0 aromatic rings. The summed E-state index contributed by atoms with van der Waals surface area (Å²) in [5, 5.41) is 10.6. The highest BCUT2D eigenvalue weighted by Gasteiger charge is 2.30. The molecule has 0 aliphatic heterocycles. The largest absolute Gasteiger partial charge is 0.472 e. The average Bonchev–Trinajstić information content (AvgIpc) is 2.74. The molecule has 0 rings (SSSR count). The van der Waals surface area contributed by atoms with Crippen molar-refractivity contribution in [2.75, 3.05) is 39.6 Å². The highest BCUT2D eigenvalue weighted by molar-refractivity contribution is 7.47. The summed E-state index contributed by atoms with van der Waals surface area (Å²) < 4.78 is 68.4. The minimum Gasteiger partial charge on any atom is -0.462 e. The zero-order valence-electron chi connectivity index (χ0n) is 59.9. The number of carbonyl (C=O) groups is 4. The lowest BCUT2D eigenvalue weighted by atomic mass is 10.0. The van der Waals surface area contributed by atoms with Gasteiger partial charge in [-0.1, -0.05) is 324 Å². The number of rotatable bonds is 72. The normalized spacial score (nSPS) is 14.1. The molecule has 0 spiro atoms. The molecule has 17 nitrogen and oxygen atoms in total. The van der Waals surface area contributed by atoms with Gasteiger partial charge in [0.15, 0.2) is 12.2 Å². The number of aliphatic hydroxyl groups excluding tert-OH is 1. The van der Waals surface area contributed by atoms with E-state index in [1.165, 1.54) is 193 Å². The third kappa shape index (κ3) is 66.7. The first-order valence-electron chi connectivity index (χ1n) is 38.0. The van der Waals surface area contributed by atoms with Gasteiger partial charge in [-0.3, -0.25) is 37.3 Å². The molecular weight excluding hydrogens is 1210 g/mol. The number of hydrogen-bond acceptors (Lipinski definition) is 15. The van der Waals surface area contributed by atoms with Crippen molar-refractivity contribution in [2.45, 2.75) is 394 Å². The molecule has 92 heavy (non-hydrogen) atoms. The monoisotopic (exact) mass is 1350 g/mol. The summed E-state index contributed by atoms with van der Waals surface area (Å²) in [4.78, 5) is 72.7. The minimum atomic E-state index is -4.95. The zero-order chi connectivity index (χ0) is 67.9. The molecule has 2 unspecified atom stereocenters.